The summed E-state index contributed by atoms with van der Waals surface area (Å²) >= 11 is 1.45. The predicted octanol–water partition coefficient (Wildman–Crippen LogP) is 0.557. The Hall–Kier alpha value is -0.900. The van der Waals surface area contributed by atoms with Gasteiger partial charge in [0.2, 0.25) is 0 Å². The van der Waals surface area contributed by atoms with Crippen LogP contribution in [0.4, 0.5) is 0 Å². The van der Waals surface area contributed by atoms with Gasteiger partial charge in [0.1, 0.15) is 5.04 Å². The van der Waals surface area contributed by atoms with Gasteiger partial charge in [-0.15, -0.1) is 11.8 Å². The normalized spacial score (nSPS) is 22.9. The summed E-state index contributed by atoms with van der Waals surface area (Å²) in [4.78, 5) is 25.6. The molecule has 2 heterocycles. The van der Waals surface area contributed by atoms with Gasteiger partial charge in [-0.25, -0.2) is 4.99 Å². The third-order valence-corrected chi connectivity index (χ3v) is 2.49. The van der Waals surface area contributed by atoms with Crippen molar-refractivity contribution in [1.29, 1.82) is 0 Å². The molecule has 2 rings (SSSR count). The van der Waals surface area contributed by atoms with Crippen LogP contribution >= 0.6 is 11.8 Å². The van der Waals surface area contributed by atoms with Crippen LogP contribution in [-0.4, -0.2) is 22.5 Å². The monoisotopic (exact) mass is 167 g/mol. The number of hydrogen-bond acceptors (Lipinski definition) is 3. The molecule has 0 atom stereocenters. The van der Waals surface area contributed by atoms with Crippen LogP contribution in [-0.2, 0) is 9.59 Å². The van der Waals surface area contributed by atoms with Crippen LogP contribution in [0.15, 0.2) is 16.6 Å². The van der Waals surface area contributed by atoms with E-state index in [1.54, 1.807) is 0 Å². The summed E-state index contributed by atoms with van der Waals surface area (Å²) in [7, 11) is 0. The molecule has 1 amide bonds. The molecule has 0 bridgehead atoms. The summed E-state index contributed by atoms with van der Waals surface area (Å²) in [5, 5.41) is 0.617. The van der Waals surface area contributed by atoms with Crippen molar-refractivity contribution in [3.8, 4) is 0 Å². The van der Waals surface area contributed by atoms with Gasteiger partial charge in [-0.05, 0) is 0 Å². The van der Waals surface area contributed by atoms with Crippen molar-refractivity contribution in [2.75, 3.05) is 5.75 Å². The van der Waals surface area contributed by atoms with Crippen LogP contribution in [0.2, 0.25) is 0 Å². The molecule has 0 saturated carbocycles. The summed E-state index contributed by atoms with van der Waals surface area (Å²) < 4.78 is 0. The molecule has 0 saturated heterocycles. The zero-order valence-corrected chi connectivity index (χ0v) is 6.48. The van der Waals surface area contributed by atoms with Crippen LogP contribution < -0.4 is 0 Å². The lowest BCUT2D eigenvalue weighted by atomic mass is 10.1. The Morgan fingerprint density at radius 1 is 1.45 bits per heavy atom. The number of nitrogens with zero attached hydrogens (tertiary/aromatic N) is 1. The van der Waals surface area contributed by atoms with Crippen molar-refractivity contribution >= 4 is 28.5 Å². The summed E-state index contributed by atoms with van der Waals surface area (Å²) in [5.74, 6) is 0.384. The van der Waals surface area contributed by atoms with Crippen LogP contribution in [0.5, 0.6) is 0 Å². The molecule has 0 aromatic heterocycles. The summed E-state index contributed by atoms with van der Waals surface area (Å²) in [6, 6.07) is 0. The maximum Gasteiger partial charge on any atom is 0.254 e. The smallest absolute Gasteiger partial charge is 0.254 e. The number of carbonyl (C=O) groups excluding carboxylic acids is 2. The molecule has 0 unspecified atom stereocenters. The fraction of sp³-hybridized carbons (Fsp3) is 0.286. The number of amides is 1. The Morgan fingerprint density at radius 2 is 2.27 bits per heavy atom. The van der Waals surface area contributed by atoms with Crippen molar-refractivity contribution in [2.45, 2.75) is 6.42 Å². The maximum atomic E-state index is 11.1. The Labute approximate surface area is 67.6 Å². The molecule has 2 aliphatic heterocycles. The lowest BCUT2D eigenvalue weighted by Crippen LogP contribution is -2.18. The second kappa shape index (κ2) is 2.30. The van der Waals surface area contributed by atoms with Crippen molar-refractivity contribution < 1.29 is 9.59 Å². The third-order valence-electron chi connectivity index (χ3n) is 1.58. The molecule has 0 fully saturated rings. The van der Waals surface area contributed by atoms with E-state index in [4.69, 9.17) is 0 Å². The number of hydrogen-bond donors (Lipinski definition) is 0. The molecule has 0 aliphatic carbocycles. The molecular weight excluding hydrogens is 162 g/mol. The van der Waals surface area contributed by atoms with Crippen molar-refractivity contribution in [3.05, 3.63) is 11.6 Å². The topological polar surface area (TPSA) is 46.5 Å². The molecule has 3 nitrogen and oxygen atoms in total. The molecule has 0 radical (unpaired) electrons. The predicted molar refractivity (Wildman–Crippen MR) is 42.6 cm³/mol. The highest BCUT2D eigenvalue weighted by molar-refractivity contribution is 8.15. The second-order valence-electron chi connectivity index (χ2n) is 2.34. The minimum absolute atomic E-state index is 0.0457. The molecular formula is C7H5NO2S. The van der Waals surface area contributed by atoms with Gasteiger partial charge in [-0.2, -0.15) is 0 Å². The molecule has 0 N–H and O–H groups in total. The van der Waals surface area contributed by atoms with Crippen molar-refractivity contribution in [2.24, 2.45) is 4.99 Å². The number of Topliss-reactive ketones (excluding diaryl/α,β-unsaturated/α-hetero) is 1. The maximum absolute atomic E-state index is 11.1. The molecule has 11 heavy (non-hydrogen) atoms. The number of carbonyl (C=O) groups is 2. The lowest BCUT2D eigenvalue weighted by Gasteiger charge is -2.06. The molecule has 56 valence electrons. The van der Waals surface area contributed by atoms with Crippen LogP contribution in [0.25, 0.3) is 0 Å². The first-order chi connectivity index (χ1) is 5.27. The van der Waals surface area contributed by atoms with E-state index in [9.17, 15) is 9.59 Å². The summed E-state index contributed by atoms with van der Waals surface area (Å²) in [5.41, 5.74) is 0.648. The van der Waals surface area contributed by atoms with Crippen LogP contribution in [0.3, 0.4) is 0 Å². The SMILES string of the molecule is O=C1CC(=O)C2=CCSC2=N1. The summed E-state index contributed by atoms with van der Waals surface area (Å²) in [6.45, 7) is 0. The molecule has 0 aromatic carbocycles. The number of aliphatic imine (C=N–C) groups is 1. The Morgan fingerprint density at radius 3 is 3.09 bits per heavy atom. The minimum Gasteiger partial charge on any atom is -0.294 e. The van der Waals surface area contributed by atoms with Gasteiger partial charge in [0.15, 0.2) is 5.78 Å². The fourth-order valence-electron chi connectivity index (χ4n) is 1.08. The standard InChI is InChI=1S/C7H5NO2S/c9-5-3-6(10)8-7-4(5)1-2-11-7/h1H,2-3H2. The Bertz CT molecular complexity index is 304. The Balaban J connectivity index is 2.47. The van der Waals surface area contributed by atoms with E-state index < -0.39 is 0 Å². The van der Waals surface area contributed by atoms with Gasteiger partial charge in [0, 0.05) is 11.3 Å². The first-order valence-corrected chi connectivity index (χ1v) is 4.24. The third kappa shape index (κ3) is 1.03. The van der Waals surface area contributed by atoms with E-state index >= 15 is 0 Å². The van der Waals surface area contributed by atoms with Crippen LogP contribution in [0, 0.1) is 0 Å². The average molecular weight is 167 g/mol. The quantitative estimate of drug-likeness (QED) is 0.495. The highest BCUT2D eigenvalue weighted by Crippen LogP contribution is 2.26. The molecule has 2 aliphatic rings. The van der Waals surface area contributed by atoms with Gasteiger partial charge in [0.25, 0.3) is 5.91 Å². The summed E-state index contributed by atoms with van der Waals surface area (Å²) in [6.07, 6.45) is 1.79. The van der Waals surface area contributed by atoms with E-state index in [1.165, 1.54) is 11.8 Å². The zero-order chi connectivity index (χ0) is 7.84. The lowest BCUT2D eigenvalue weighted by molar-refractivity contribution is -0.124. The van der Waals surface area contributed by atoms with Gasteiger partial charge in [-0.3, -0.25) is 9.59 Å². The number of ketones is 1. The van der Waals surface area contributed by atoms with Gasteiger partial charge < -0.3 is 0 Å². The first kappa shape index (κ1) is 6.79. The highest BCUT2D eigenvalue weighted by Gasteiger charge is 2.27. The molecule has 4 heteroatoms. The number of fused-ring (bicyclic) bond motifs is 1. The average Bonchev–Trinajstić information content (AvgIpc) is 2.34. The minimum atomic E-state index is -0.309. The second-order valence-corrected chi connectivity index (χ2v) is 3.35. The van der Waals surface area contributed by atoms with E-state index in [2.05, 4.69) is 4.99 Å². The first-order valence-electron chi connectivity index (χ1n) is 3.25. The van der Waals surface area contributed by atoms with Gasteiger partial charge in [-0.1, -0.05) is 6.08 Å². The van der Waals surface area contributed by atoms with Gasteiger partial charge in [0.05, 0.1) is 6.42 Å². The van der Waals surface area contributed by atoms with E-state index in [1.807, 2.05) is 6.08 Å². The van der Waals surface area contributed by atoms with Crippen molar-refractivity contribution in [3.63, 3.8) is 0 Å². The zero-order valence-electron chi connectivity index (χ0n) is 5.66. The van der Waals surface area contributed by atoms with Crippen molar-refractivity contribution in [1.82, 2.24) is 0 Å². The fourth-order valence-corrected chi connectivity index (χ4v) is 2.01. The Kier molecular flexibility index (Phi) is 1.42. The molecule has 0 aromatic rings. The number of thioether (sulfide) groups is 1. The van der Waals surface area contributed by atoms with E-state index in [-0.39, 0.29) is 18.1 Å². The number of rotatable bonds is 0. The van der Waals surface area contributed by atoms with Crippen LogP contribution in [0.1, 0.15) is 6.42 Å². The molecule has 0 spiro atoms. The van der Waals surface area contributed by atoms with Gasteiger partial charge >= 0.3 is 0 Å². The highest BCUT2D eigenvalue weighted by atomic mass is 32.2. The van der Waals surface area contributed by atoms with E-state index in [0.717, 1.165) is 5.75 Å². The largest absolute Gasteiger partial charge is 0.294 e. The van der Waals surface area contributed by atoms with E-state index in [0.29, 0.717) is 10.6 Å².